The molecule has 1 unspecified atom stereocenters. The number of aryl methyl sites for hydroxylation is 1. The fraction of sp³-hybridized carbons (Fsp3) is 0.206. The maximum Gasteiger partial charge on any atom is 0.305 e. The van der Waals surface area contributed by atoms with Crippen molar-refractivity contribution < 1.29 is 23.9 Å². The predicted molar refractivity (Wildman–Crippen MR) is 157 cm³/mol. The van der Waals surface area contributed by atoms with Crippen molar-refractivity contribution in [1.82, 2.24) is 10.2 Å². The van der Waals surface area contributed by atoms with E-state index in [0.29, 0.717) is 34.2 Å². The van der Waals surface area contributed by atoms with Gasteiger partial charge in [-0.2, -0.15) is 0 Å². The Kier molecular flexibility index (Phi) is 9.99. The van der Waals surface area contributed by atoms with Crippen LogP contribution in [0.25, 0.3) is 11.1 Å². The maximum absolute atomic E-state index is 14.1. The van der Waals surface area contributed by atoms with Crippen molar-refractivity contribution in [2.24, 2.45) is 0 Å². The summed E-state index contributed by atoms with van der Waals surface area (Å²) in [5.74, 6) is -2.09. The van der Waals surface area contributed by atoms with Gasteiger partial charge in [0.2, 0.25) is 0 Å². The van der Waals surface area contributed by atoms with Crippen LogP contribution < -0.4 is 5.32 Å². The molecule has 4 rings (SSSR count). The van der Waals surface area contributed by atoms with Crippen LogP contribution in [0, 0.1) is 5.82 Å². The summed E-state index contributed by atoms with van der Waals surface area (Å²) in [5, 5.41) is 12.2. The van der Waals surface area contributed by atoms with Crippen LogP contribution in [0.3, 0.4) is 0 Å². The smallest absolute Gasteiger partial charge is 0.305 e. The normalized spacial score (nSPS) is 11.5. The summed E-state index contributed by atoms with van der Waals surface area (Å²) in [4.78, 5) is 40.3. The zero-order valence-electron chi connectivity index (χ0n) is 22.9. The zero-order valence-corrected chi connectivity index (χ0v) is 22.9. The van der Waals surface area contributed by atoms with Gasteiger partial charge >= 0.3 is 5.97 Å². The third kappa shape index (κ3) is 7.66. The Hall–Kier alpha value is -4.78. The van der Waals surface area contributed by atoms with E-state index in [1.807, 2.05) is 37.3 Å². The second-order valence-corrected chi connectivity index (χ2v) is 9.88. The van der Waals surface area contributed by atoms with Gasteiger partial charge in [0.05, 0.1) is 6.42 Å². The lowest BCUT2D eigenvalue weighted by Gasteiger charge is -2.30. The highest BCUT2D eigenvalue weighted by Gasteiger charge is 2.26. The number of aliphatic carboxylic acids is 1. The minimum absolute atomic E-state index is 0.0162. The van der Waals surface area contributed by atoms with E-state index in [1.54, 1.807) is 71.6 Å². The molecule has 2 amide bonds. The predicted octanol–water partition coefficient (Wildman–Crippen LogP) is 6.36. The number of carbonyl (C=O) groups excluding carboxylic acids is 2. The van der Waals surface area contributed by atoms with Gasteiger partial charge in [-0.1, -0.05) is 84.9 Å². The van der Waals surface area contributed by atoms with Gasteiger partial charge in [0.15, 0.2) is 0 Å². The number of rotatable bonds is 12. The minimum Gasteiger partial charge on any atom is -0.481 e. The Morgan fingerprint density at radius 1 is 0.805 bits per heavy atom. The lowest BCUT2D eigenvalue weighted by molar-refractivity contribution is -0.137. The van der Waals surface area contributed by atoms with Gasteiger partial charge in [-0.3, -0.25) is 14.4 Å². The standard InChI is InChI=1S/C34H33FN2O4/c1-24(19-20-25-11-3-2-4-12-25)37(22-21-32(38)39)34(41)30-17-9-7-15-28(30)27-14-6-8-16-29(27)33(40)36-23-26-13-5-10-18-31(26)35/h2-18,24H,19-23H2,1H3,(H,36,40)(H,38,39). The Labute approximate surface area is 239 Å². The van der Waals surface area contributed by atoms with Gasteiger partial charge in [-0.15, -0.1) is 0 Å². The molecule has 0 heterocycles. The van der Waals surface area contributed by atoms with Crippen LogP contribution in [-0.2, 0) is 17.8 Å². The zero-order chi connectivity index (χ0) is 29.2. The number of carboxylic acid groups (broad SMARTS) is 1. The van der Waals surface area contributed by atoms with E-state index in [9.17, 15) is 23.9 Å². The van der Waals surface area contributed by atoms with E-state index in [2.05, 4.69) is 5.32 Å². The quantitative estimate of drug-likeness (QED) is 0.214. The Morgan fingerprint density at radius 2 is 1.39 bits per heavy atom. The molecule has 0 bridgehead atoms. The van der Waals surface area contributed by atoms with E-state index in [1.165, 1.54) is 6.07 Å². The molecule has 6 nitrogen and oxygen atoms in total. The lowest BCUT2D eigenvalue weighted by atomic mass is 9.93. The molecule has 4 aromatic rings. The third-order valence-electron chi connectivity index (χ3n) is 7.07. The van der Waals surface area contributed by atoms with E-state index in [4.69, 9.17) is 0 Å². The second kappa shape index (κ2) is 14.0. The fourth-order valence-corrected chi connectivity index (χ4v) is 4.80. The largest absolute Gasteiger partial charge is 0.481 e. The summed E-state index contributed by atoms with van der Waals surface area (Å²) in [6.07, 6.45) is 1.22. The molecule has 0 aliphatic carbocycles. The average Bonchev–Trinajstić information content (AvgIpc) is 3.00. The molecule has 2 N–H and O–H groups in total. The van der Waals surface area contributed by atoms with E-state index in [-0.39, 0.29) is 31.5 Å². The van der Waals surface area contributed by atoms with E-state index >= 15 is 0 Å². The van der Waals surface area contributed by atoms with Gasteiger partial charge in [-0.25, -0.2) is 4.39 Å². The molecule has 0 aromatic heterocycles. The van der Waals surface area contributed by atoms with Crippen molar-refractivity contribution in [2.45, 2.75) is 38.8 Å². The highest BCUT2D eigenvalue weighted by Crippen LogP contribution is 2.29. The van der Waals surface area contributed by atoms with Crippen LogP contribution >= 0.6 is 0 Å². The molecule has 0 spiro atoms. The minimum atomic E-state index is -0.983. The Balaban J connectivity index is 1.61. The Morgan fingerprint density at radius 3 is 2.07 bits per heavy atom. The average molecular weight is 553 g/mol. The molecule has 0 aliphatic heterocycles. The first-order valence-electron chi connectivity index (χ1n) is 13.6. The first kappa shape index (κ1) is 29.2. The highest BCUT2D eigenvalue weighted by molar-refractivity contribution is 6.06. The number of benzene rings is 4. The lowest BCUT2D eigenvalue weighted by Crippen LogP contribution is -2.40. The van der Waals surface area contributed by atoms with Crippen LogP contribution in [0.1, 0.15) is 51.6 Å². The number of amides is 2. The molecular weight excluding hydrogens is 519 g/mol. The van der Waals surface area contributed by atoms with Crippen molar-refractivity contribution in [3.05, 3.63) is 131 Å². The molecule has 41 heavy (non-hydrogen) atoms. The van der Waals surface area contributed by atoms with Crippen LogP contribution in [-0.4, -0.2) is 40.4 Å². The summed E-state index contributed by atoms with van der Waals surface area (Å²) in [5.41, 5.74) is 3.34. The first-order chi connectivity index (χ1) is 19.8. The summed E-state index contributed by atoms with van der Waals surface area (Å²) in [6, 6.07) is 29.9. The van der Waals surface area contributed by atoms with Crippen molar-refractivity contribution in [3.63, 3.8) is 0 Å². The third-order valence-corrected chi connectivity index (χ3v) is 7.07. The molecule has 7 heteroatoms. The maximum atomic E-state index is 14.1. The molecule has 0 fully saturated rings. The number of carboxylic acids is 1. The number of carbonyl (C=O) groups is 3. The summed E-state index contributed by atoms with van der Waals surface area (Å²) >= 11 is 0. The van der Waals surface area contributed by atoms with Gasteiger partial charge in [0, 0.05) is 35.8 Å². The van der Waals surface area contributed by atoms with Crippen LogP contribution in [0.5, 0.6) is 0 Å². The number of nitrogens with zero attached hydrogens (tertiary/aromatic N) is 1. The van der Waals surface area contributed by atoms with Gasteiger partial charge in [-0.05, 0) is 54.7 Å². The summed E-state index contributed by atoms with van der Waals surface area (Å²) < 4.78 is 14.1. The SMILES string of the molecule is CC(CCc1ccccc1)N(CCC(=O)O)C(=O)c1ccccc1-c1ccccc1C(=O)NCc1ccccc1F. The Bertz CT molecular complexity index is 1510. The number of hydrogen-bond donors (Lipinski definition) is 2. The topological polar surface area (TPSA) is 86.7 Å². The van der Waals surface area contributed by atoms with Crippen LogP contribution in [0.15, 0.2) is 103 Å². The van der Waals surface area contributed by atoms with Crippen molar-refractivity contribution in [1.29, 1.82) is 0 Å². The second-order valence-electron chi connectivity index (χ2n) is 9.88. The summed E-state index contributed by atoms with van der Waals surface area (Å²) in [6.45, 7) is 2.00. The molecule has 0 saturated heterocycles. The van der Waals surface area contributed by atoms with Gasteiger partial charge in [0.25, 0.3) is 11.8 Å². The molecular formula is C34H33FN2O4. The molecule has 210 valence electrons. The molecule has 1 atom stereocenters. The van der Waals surface area contributed by atoms with E-state index in [0.717, 1.165) is 12.0 Å². The number of nitrogens with one attached hydrogen (secondary N) is 1. The molecule has 0 radical (unpaired) electrons. The highest BCUT2D eigenvalue weighted by atomic mass is 19.1. The fourth-order valence-electron chi connectivity index (χ4n) is 4.80. The number of hydrogen-bond acceptors (Lipinski definition) is 3. The molecule has 0 saturated carbocycles. The summed E-state index contributed by atoms with van der Waals surface area (Å²) in [7, 11) is 0. The monoisotopic (exact) mass is 552 g/mol. The van der Waals surface area contributed by atoms with Crippen molar-refractivity contribution >= 4 is 17.8 Å². The van der Waals surface area contributed by atoms with Crippen molar-refractivity contribution in [2.75, 3.05) is 6.54 Å². The van der Waals surface area contributed by atoms with Gasteiger partial charge in [0.1, 0.15) is 5.82 Å². The van der Waals surface area contributed by atoms with Crippen LogP contribution in [0.4, 0.5) is 4.39 Å². The van der Waals surface area contributed by atoms with E-state index < -0.39 is 17.7 Å². The number of halogens is 1. The first-order valence-corrected chi connectivity index (χ1v) is 13.6. The van der Waals surface area contributed by atoms with Gasteiger partial charge < -0.3 is 15.3 Å². The molecule has 0 aliphatic rings. The van der Waals surface area contributed by atoms with Crippen LogP contribution in [0.2, 0.25) is 0 Å². The molecule has 4 aromatic carbocycles. The van der Waals surface area contributed by atoms with Crippen molar-refractivity contribution in [3.8, 4) is 11.1 Å².